The SMILES string of the molecule is COC1CCN(C(=O)CC(C)CC(C)c2cccc(C)n2)C1. The Morgan fingerprint density at radius 3 is 2.86 bits per heavy atom. The van der Waals surface area contributed by atoms with Gasteiger partial charge in [-0.05, 0) is 43.7 Å². The summed E-state index contributed by atoms with van der Waals surface area (Å²) in [6, 6.07) is 6.15. The molecular formula is C18H28N2O2. The minimum atomic E-state index is 0.217. The monoisotopic (exact) mass is 304 g/mol. The largest absolute Gasteiger partial charge is 0.380 e. The molecule has 2 heterocycles. The van der Waals surface area contributed by atoms with Crippen molar-refractivity contribution in [1.29, 1.82) is 0 Å². The molecule has 0 aliphatic carbocycles. The van der Waals surface area contributed by atoms with Crippen LogP contribution in [-0.4, -0.2) is 42.1 Å². The molecular weight excluding hydrogens is 276 g/mol. The molecule has 0 radical (unpaired) electrons. The number of amides is 1. The van der Waals surface area contributed by atoms with Gasteiger partial charge in [-0.15, -0.1) is 0 Å². The maximum Gasteiger partial charge on any atom is 0.222 e. The Bertz CT molecular complexity index is 504. The van der Waals surface area contributed by atoms with Crippen LogP contribution in [0.1, 0.15) is 50.4 Å². The van der Waals surface area contributed by atoms with Gasteiger partial charge in [0.1, 0.15) is 0 Å². The zero-order valence-corrected chi connectivity index (χ0v) is 14.2. The average Bonchev–Trinajstić information content (AvgIpc) is 2.96. The first-order valence-corrected chi connectivity index (χ1v) is 8.23. The molecule has 0 saturated carbocycles. The molecule has 0 N–H and O–H groups in total. The fourth-order valence-electron chi connectivity index (χ4n) is 3.22. The minimum absolute atomic E-state index is 0.217. The van der Waals surface area contributed by atoms with Crippen LogP contribution in [0.2, 0.25) is 0 Å². The van der Waals surface area contributed by atoms with Gasteiger partial charge in [0.2, 0.25) is 5.91 Å². The third-order valence-corrected chi connectivity index (χ3v) is 4.52. The van der Waals surface area contributed by atoms with E-state index < -0.39 is 0 Å². The molecule has 1 amide bonds. The summed E-state index contributed by atoms with van der Waals surface area (Å²) in [4.78, 5) is 18.9. The number of hydrogen-bond donors (Lipinski definition) is 0. The number of carbonyl (C=O) groups excluding carboxylic acids is 1. The second-order valence-corrected chi connectivity index (χ2v) is 6.64. The Kier molecular flexibility index (Phi) is 5.95. The van der Waals surface area contributed by atoms with Crippen LogP contribution in [0.4, 0.5) is 0 Å². The zero-order chi connectivity index (χ0) is 16.1. The molecule has 1 aromatic rings. The highest BCUT2D eigenvalue weighted by Gasteiger charge is 2.27. The highest BCUT2D eigenvalue weighted by molar-refractivity contribution is 5.76. The van der Waals surface area contributed by atoms with Gasteiger partial charge in [-0.1, -0.05) is 19.9 Å². The Hall–Kier alpha value is -1.42. The Balaban J connectivity index is 1.82. The van der Waals surface area contributed by atoms with E-state index in [0.717, 1.165) is 37.3 Å². The summed E-state index contributed by atoms with van der Waals surface area (Å²) in [6.07, 6.45) is 2.78. The van der Waals surface area contributed by atoms with Crippen molar-refractivity contribution in [1.82, 2.24) is 9.88 Å². The maximum absolute atomic E-state index is 12.3. The topological polar surface area (TPSA) is 42.4 Å². The molecule has 3 unspecified atom stereocenters. The molecule has 1 saturated heterocycles. The van der Waals surface area contributed by atoms with Crippen LogP contribution in [0.25, 0.3) is 0 Å². The van der Waals surface area contributed by atoms with Gasteiger partial charge in [-0.3, -0.25) is 9.78 Å². The molecule has 4 nitrogen and oxygen atoms in total. The first-order chi connectivity index (χ1) is 10.5. The number of aromatic nitrogens is 1. The van der Waals surface area contributed by atoms with Crippen LogP contribution in [-0.2, 0) is 9.53 Å². The third-order valence-electron chi connectivity index (χ3n) is 4.52. The van der Waals surface area contributed by atoms with Gasteiger partial charge >= 0.3 is 0 Å². The van der Waals surface area contributed by atoms with Gasteiger partial charge in [0.05, 0.1) is 6.10 Å². The van der Waals surface area contributed by atoms with Crippen molar-refractivity contribution >= 4 is 5.91 Å². The van der Waals surface area contributed by atoms with Crippen LogP contribution < -0.4 is 0 Å². The molecule has 0 spiro atoms. The standard InChI is InChI=1S/C18H28N2O2/c1-13(10-14(2)17-7-5-6-15(3)19-17)11-18(21)20-9-8-16(12-20)22-4/h5-7,13-14,16H,8-12H2,1-4H3. The van der Waals surface area contributed by atoms with E-state index in [-0.39, 0.29) is 12.0 Å². The molecule has 122 valence electrons. The quantitative estimate of drug-likeness (QED) is 0.811. The number of carbonyl (C=O) groups is 1. The van der Waals surface area contributed by atoms with Gasteiger partial charge in [-0.2, -0.15) is 0 Å². The number of ether oxygens (including phenoxy) is 1. The lowest BCUT2D eigenvalue weighted by Crippen LogP contribution is -2.31. The van der Waals surface area contributed by atoms with E-state index in [4.69, 9.17) is 4.74 Å². The van der Waals surface area contributed by atoms with Crippen molar-refractivity contribution in [2.75, 3.05) is 20.2 Å². The number of hydrogen-bond acceptors (Lipinski definition) is 3. The lowest BCUT2D eigenvalue weighted by Gasteiger charge is -2.21. The summed E-state index contributed by atoms with van der Waals surface area (Å²) in [5.74, 6) is 1.01. The predicted octanol–water partition coefficient (Wildman–Crippen LogP) is 3.16. The van der Waals surface area contributed by atoms with Crippen molar-refractivity contribution in [3.8, 4) is 0 Å². The van der Waals surface area contributed by atoms with Crippen molar-refractivity contribution in [3.05, 3.63) is 29.6 Å². The zero-order valence-electron chi connectivity index (χ0n) is 14.2. The van der Waals surface area contributed by atoms with Crippen molar-refractivity contribution in [2.45, 2.75) is 52.1 Å². The number of likely N-dealkylation sites (tertiary alicyclic amines) is 1. The molecule has 3 atom stereocenters. The van der Waals surface area contributed by atoms with Crippen molar-refractivity contribution in [3.63, 3.8) is 0 Å². The third kappa shape index (κ3) is 4.54. The van der Waals surface area contributed by atoms with Gasteiger partial charge in [0.25, 0.3) is 0 Å². The molecule has 2 rings (SSSR count). The smallest absolute Gasteiger partial charge is 0.222 e. The average molecular weight is 304 g/mol. The van der Waals surface area contributed by atoms with Crippen molar-refractivity contribution < 1.29 is 9.53 Å². The second-order valence-electron chi connectivity index (χ2n) is 6.64. The molecule has 22 heavy (non-hydrogen) atoms. The van der Waals surface area contributed by atoms with E-state index in [0.29, 0.717) is 18.3 Å². The van der Waals surface area contributed by atoms with Gasteiger partial charge in [0.15, 0.2) is 0 Å². The van der Waals surface area contributed by atoms with Gasteiger partial charge in [0, 0.05) is 38.0 Å². The normalized spacial score (nSPS) is 20.9. The minimum Gasteiger partial charge on any atom is -0.380 e. The van der Waals surface area contributed by atoms with Crippen LogP contribution >= 0.6 is 0 Å². The number of aryl methyl sites for hydroxylation is 1. The maximum atomic E-state index is 12.3. The fraction of sp³-hybridized carbons (Fsp3) is 0.667. The Morgan fingerprint density at radius 1 is 1.45 bits per heavy atom. The number of nitrogens with zero attached hydrogens (tertiary/aromatic N) is 2. The number of methoxy groups -OCH3 is 1. The molecule has 0 bridgehead atoms. The van der Waals surface area contributed by atoms with E-state index in [9.17, 15) is 4.79 Å². The number of pyridine rings is 1. The van der Waals surface area contributed by atoms with Crippen molar-refractivity contribution in [2.24, 2.45) is 5.92 Å². The Labute approximate surface area is 133 Å². The number of rotatable bonds is 6. The van der Waals surface area contributed by atoms with Gasteiger partial charge in [-0.25, -0.2) is 0 Å². The Morgan fingerprint density at radius 2 is 2.23 bits per heavy atom. The highest BCUT2D eigenvalue weighted by Crippen LogP contribution is 2.25. The molecule has 1 aliphatic rings. The van der Waals surface area contributed by atoms with Crippen LogP contribution in [0.5, 0.6) is 0 Å². The summed E-state index contributed by atoms with van der Waals surface area (Å²) in [7, 11) is 1.72. The molecule has 1 aliphatic heterocycles. The lowest BCUT2D eigenvalue weighted by molar-refractivity contribution is -0.131. The van der Waals surface area contributed by atoms with E-state index in [1.54, 1.807) is 7.11 Å². The van der Waals surface area contributed by atoms with Crippen LogP contribution in [0, 0.1) is 12.8 Å². The van der Waals surface area contributed by atoms with E-state index in [2.05, 4.69) is 31.0 Å². The lowest BCUT2D eigenvalue weighted by atomic mass is 9.91. The summed E-state index contributed by atoms with van der Waals surface area (Å²) in [5.41, 5.74) is 2.18. The summed E-state index contributed by atoms with van der Waals surface area (Å²) >= 11 is 0. The first-order valence-electron chi connectivity index (χ1n) is 8.23. The van der Waals surface area contributed by atoms with E-state index in [1.165, 1.54) is 0 Å². The highest BCUT2D eigenvalue weighted by atomic mass is 16.5. The van der Waals surface area contributed by atoms with E-state index in [1.807, 2.05) is 17.9 Å². The summed E-state index contributed by atoms with van der Waals surface area (Å²) < 4.78 is 5.33. The molecule has 1 fully saturated rings. The molecule has 0 aromatic carbocycles. The second kappa shape index (κ2) is 7.73. The first kappa shape index (κ1) is 16.9. The van der Waals surface area contributed by atoms with E-state index >= 15 is 0 Å². The molecule has 4 heteroatoms. The predicted molar refractivity (Wildman–Crippen MR) is 87.8 cm³/mol. The summed E-state index contributed by atoms with van der Waals surface area (Å²) in [5, 5.41) is 0. The van der Waals surface area contributed by atoms with Gasteiger partial charge < -0.3 is 9.64 Å². The summed E-state index contributed by atoms with van der Waals surface area (Å²) in [6.45, 7) is 7.95. The molecule has 1 aromatic heterocycles. The fourth-order valence-corrected chi connectivity index (χ4v) is 3.22. The van der Waals surface area contributed by atoms with Crippen LogP contribution in [0.3, 0.4) is 0 Å². The van der Waals surface area contributed by atoms with Crippen LogP contribution in [0.15, 0.2) is 18.2 Å².